The molecule has 0 radical (unpaired) electrons. The molecule has 2 saturated heterocycles. The van der Waals surface area contributed by atoms with E-state index < -0.39 is 72.0 Å². The molecule has 2 unspecified atom stereocenters. The van der Waals surface area contributed by atoms with Crippen LogP contribution in [0.15, 0.2) is 79.0 Å². The molecule has 6 N–H and O–H groups in total. The molecule has 3 aromatic carbocycles. The van der Waals surface area contributed by atoms with Gasteiger partial charge in [-0.25, -0.2) is 4.98 Å². The van der Waals surface area contributed by atoms with Crippen LogP contribution < -0.4 is 21.3 Å². The monoisotopic (exact) mass is 1060 g/mol. The van der Waals surface area contributed by atoms with Crippen LogP contribution in [-0.2, 0) is 40.7 Å². The molecule has 22 heteroatoms. The molecule has 4 atom stereocenters. The topological polar surface area (TPSA) is 245 Å². The van der Waals surface area contributed by atoms with E-state index in [1.807, 2.05) is 36.4 Å². The Balaban J connectivity index is 0.892. The second-order valence-electron chi connectivity index (χ2n) is 19.2. The Hall–Kier alpha value is -6.69. The minimum absolute atomic E-state index is 0.0407. The third-order valence-corrected chi connectivity index (χ3v) is 15.9. The van der Waals surface area contributed by atoms with Crippen LogP contribution >= 0.6 is 30.3 Å². The highest BCUT2D eigenvalue weighted by Crippen LogP contribution is 2.59. The minimum Gasteiger partial charge on any atom is -0.351 e. The molecule has 7 amide bonds. The van der Waals surface area contributed by atoms with Crippen molar-refractivity contribution in [3.05, 3.63) is 106 Å². The third-order valence-electron chi connectivity index (χ3n) is 12.8. The molecule has 3 aliphatic heterocycles. The van der Waals surface area contributed by atoms with E-state index in [2.05, 4.69) is 38.1 Å². The molecule has 2 fully saturated rings. The molecule has 382 valence electrons. The number of hydrogen-bond donors (Lipinski definition) is 6. The molecule has 0 bridgehead atoms. The molecular formula is C51H52F2N7O10PS2. The number of thiophene rings is 1. The fraction of sp³-hybridized carbons (Fsp3) is 0.373. The van der Waals surface area contributed by atoms with Crippen molar-refractivity contribution in [2.75, 3.05) is 11.9 Å². The van der Waals surface area contributed by atoms with Crippen LogP contribution in [0.1, 0.15) is 109 Å². The number of likely N-dealkylation sites (tertiary alicyclic amines) is 1. The van der Waals surface area contributed by atoms with E-state index >= 15 is 0 Å². The predicted octanol–water partition coefficient (Wildman–Crippen LogP) is 6.88. The highest BCUT2D eigenvalue weighted by Gasteiger charge is 2.51. The summed E-state index contributed by atoms with van der Waals surface area (Å²) in [6, 6.07) is 15.4. The number of alkyl halides is 2. The number of anilines is 1. The second kappa shape index (κ2) is 21.4. The van der Waals surface area contributed by atoms with Crippen LogP contribution in [0.5, 0.6) is 0 Å². The third kappa shape index (κ3) is 11.9. The number of thiazole rings is 1. The maximum absolute atomic E-state index is 14.7. The zero-order chi connectivity index (χ0) is 52.4. The zero-order valence-corrected chi connectivity index (χ0v) is 42.4. The Morgan fingerprint density at radius 1 is 0.973 bits per heavy atom. The summed E-state index contributed by atoms with van der Waals surface area (Å²) in [4.78, 5) is 120. The number of piperidine rings is 1. The number of nitrogens with zero attached hydrogens (tertiary/aromatic N) is 3. The lowest BCUT2D eigenvalue weighted by Crippen LogP contribution is -2.57. The standard InChI is InChI=1S/C51H52F2N7O10PS2/c1-50(2,3)43(57-46(65)39-24-31-23-33(17-20-38(31)72-39)51(52,53)71(68,69)70)48(67)60-28-34(25-37(60)45(64)58-49-54-26-40(73-49)30-13-9-7-10-14-30)55-41(61)15-11-6-4-5-8-12-29-16-18-35-32(22-29)27-59(47(35)66)36-19-21-42(62)56-44(36)63/h7,9-10,13-14,16-18,20,22-24,26,34,36-37,43H,4-6,11,15,19,21,25,27-28H2,1-3H3,(H,55,61)(H,57,65)(H,54,58,64)(H,56,62,63)(H2,68,69,70)/t34-,36?,37+,43?/m1/s1. The SMILES string of the molecule is CC(C)(C)C(NC(=O)c1cc2cc(C(F)(F)P(=O)(O)O)ccc2s1)C(=O)N1C[C@H](NC(=O)CCCCCC#Cc2ccc3c(c2)CN(C2CCC(=O)NC2=O)C3=O)C[C@H]1C(=O)Nc1ncc(-c2ccccc2)s1. The number of unbranched alkanes of at least 4 members (excludes halogenated alkanes) is 3. The number of fused-ring (bicyclic) bond motifs is 2. The lowest BCUT2D eigenvalue weighted by molar-refractivity contribution is -0.140. The Labute approximate surface area is 426 Å². The van der Waals surface area contributed by atoms with Crippen molar-refractivity contribution in [3.8, 4) is 22.3 Å². The number of rotatable bonds is 15. The molecule has 0 aliphatic carbocycles. The number of hydrogen-bond acceptors (Lipinski definition) is 11. The van der Waals surface area contributed by atoms with E-state index in [-0.39, 0.29) is 66.8 Å². The first-order valence-corrected chi connectivity index (χ1v) is 26.8. The van der Waals surface area contributed by atoms with E-state index in [9.17, 15) is 56.7 Å². The van der Waals surface area contributed by atoms with Gasteiger partial charge < -0.3 is 35.5 Å². The first kappa shape index (κ1) is 52.6. The van der Waals surface area contributed by atoms with Gasteiger partial charge in [0, 0.05) is 66.0 Å². The van der Waals surface area contributed by atoms with Gasteiger partial charge in [0.05, 0.1) is 9.75 Å². The number of amides is 7. The Kier molecular flexibility index (Phi) is 15.4. The molecule has 0 saturated carbocycles. The molecule has 5 aromatic rings. The number of nitrogens with one attached hydrogen (secondary N) is 4. The number of aromatic nitrogens is 1. The molecule has 0 spiro atoms. The van der Waals surface area contributed by atoms with Gasteiger partial charge in [0.15, 0.2) is 5.13 Å². The summed E-state index contributed by atoms with van der Waals surface area (Å²) in [6.07, 6.45) is 4.80. The quantitative estimate of drug-likeness (QED) is 0.0273. The smallest absolute Gasteiger partial charge is 0.351 e. The number of carbonyl (C=O) groups is 7. The van der Waals surface area contributed by atoms with Gasteiger partial charge in [-0.3, -0.25) is 43.4 Å². The van der Waals surface area contributed by atoms with Gasteiger partial charge in [0.25, 0.3) is 11.8 Å². The summed E-state index contributed by atoms with van der Waals surface area (Å²) >= 11 is 2.18. The van der Waals surface area contributed by atoms with Crippen LogP contribution in [-0.4, -0.2) is 96.6 Å². The molecule has 2 aromatic heterocycles. The summed E-state index contributed by atoms with van der Waals surface area (Å²) in [7, 11) is -5.85. The molecule has 17 nitrogen and oxygen atoms in total. The number of imide groups is 1. The zero-order valence-electron chi connectivity index (χ0n) is 39.9. The van der Waals surface area contributed by atoms with Crippen molar-refractivity contribution in [1.29, 1.82) is 0 Å². The largest absolute Gasteiger partial charge is 0.399 e. The van der Waals surface area contributed by atoms with E-state index in [4.69, 9.17) is 0 Å². The normalized spacial score (nSPS) is 18.5. The van der Waals surface area contributed by atoms with Crippen molar-refractivity contribution >= 4 is 86.8 Å². The number of benzene rings is 3. The van der Waals surface area contributed by atoms with Gasteiger partial charge in [-0.05, 0) is 84.0 Å². The second-order valence-corrected chi connectivity index (χ2v) is 23.0. The fourth-order valence-electron chi connectivity index (χ4n) is 9.01. The first-order valence-electron chi connectivity index (χ1n) is 23.5. The van der Waals surface area contributed by atoms with E-state index in [0.717, 1.165) is 45.0 Å². The van der Waals surface area contributed by atoms with Crippen LogP contribution in [0.3, 0.4) is 0 Å². The van der Waals surface area contributed by atoms with Gasteiger partial charge in [0.2, 0.25) is 29.5 Å². The van der Waals surface area contributed by atoms with E-state index in [0.29, 0.717) is 41.1 Å². The van der Waals surface area contributed by atoms with Crippen LogP contribution in [0.2, 0.25) is 0 Å². The van der Waals surface area contributed by atoms with Gasteiger partial charge in [-0.2, -0.15) is 8.78 Å². The van der Waals surface area contributed by atoms with Crippen LogP contribution in [0.4, 0.5) is 13.9 Å². The molecule has 73 heavy (non-hydrogen) atoms. The summed E-state index contributed by atoms with van der Waals surface area (Å²) in [5, 5.41) is 11.3. The first-order chi connectivity index (χ1) is 34.6. The Morgan fingerprint density at radius 3 is 2.47 bits per heavy atom. The van der Waals surface area contributed by atoms with Crippen molar-refractivity contribution in [2.24, 2.45) is 5.41 Å². The summed E-state index contributed by atoms with van der Waals surface area (Å²) in [6.45, 7) is 5.37. The lowest BCUT2D eigenvalue weighted by Gasteiger charge is -2.35. The summed E-state index contributed by atoms with van der Waals surface area (Å²) < 4.78 is 41.0. The molecular weight excluding hydrogens is 1000 g/mol. The average Bonchev–Trinajstić information content (AvgIpc) is 4.15. The highest BCUT2D eigenvalue weighted by atomic mass is 32.1. The van der Waals surface area contributed by atoms with Crippen molar-refractivity contribution in [3.63, 3.8) is 0 Å². The van der Waals surface area contributed by atoms with Gasteiger partial charge in [-0.1, -0.05) is 86.8 Å². The summed E-state index contributed by atoms with van der Waals surface area (Å²) in [5.41, 5.74) is -3.43. The molecule has 5 heterocycles. The van der Waals surface area contributed by atoms with Gasteiger partial charge >= 0.3 is 13.3 Å². The summed E-state index contributed by atoms with van der Waals surface area (Å²) in [5.74, 6) is 3.06. The molecule has 8 rings (SSSR count). The number of carbonyl (C=O) groups excluding carboxylic acids is 7. The minimum atomic E-state index is -5.85. The van der Waals surface area contributed by atoms with Crippen LogP contribution in [0, 0.1) is 17.3 Å². The molecule has 3 aliphatic rings. The van der Waals surface area contributed by atoms with Crippen molar-refractivity contribution in [1.82, 2.24) is 30.7 Å². The van der Waals surface area contributed by atoms with E-state index in [1.54, 1.807) is 39.1 Å². The van der Waals surface area contributed by atoms with E-state index in [1.165, 1.54) is 33.3 Å². The van der Waals surface area contributed by atoms with Gasteiger partial charge in [-0.15, -0.1) is 11.3 Å². The Morgan fingerprint density at radius 2 is 1.74 bits per heavy atom. The van der Waals surface area contributed by atoms with Crippen molar-refractivity contribution in [2.45, 2.75) is 109 Å². The average molecular weight is 1060 g/mol. The van der Waals surface area contributed by atoms with Crippen LogP contribution in [0.25, 0.3) is 20.5 Å². The maximum atomic E-state index is 14.7. The fourth-order valence-corrected chi connectivity index (χ4v) is 11.3. The Bertz CT molecular complexity index is 3120. The predicted molar refractivity (Wildman–Crippen MR) is 269 cm³/mol. The van der Waals surface area contributed by atoms with Crippen molar-refractivity contribution < 1.29 is 56.7 Å². The number of halogens is 2. The lowest BCUT2D eigenvalue weighted by atomic mass is 9.85. The highest BCUT2D eigenvalue weighted by molar-refractivity contribution is 7.52. The van der Waals surface area contributed by atoms with Gasteiger partial charge in [0.1, 0.15) is 18.1 Å². The maximum Gasteiger partial charge on any atom is 0.399 e.